The predicted octanol–water partition coefficient (Wildman–Crippen LogP) is 3.33. The largest absolute Gasteiger partial charge is 0.469 e. The molecule has 5 nitrogen and oxygen atoms in total. The van der Waals surface area contributed by atoms with Gasteiger partial charge in [0.15, 0.2) is 0 Å². The summed E-state index contributed by atoms with van der Waals surface area (Å²) >= 11 is 0. The molecule has 1 aliphatic rings. The van der Waals surface area contributed by atoms with Crippen molar-refractivity contribution in [3.05, 3.63) is 35.9 Å². The van der Waals surface area contributed by atoms with Gasteiger partial charge in [-0.25, -0.2) is 0 Å². The number of esters is 1. The highest BCUT2D eigenvalue weighted by atomic mass is 16.5. The monoisotopic (exact) mass is 374 g/mol. The van der Waals surface area contributed by atoms with Gasteiger partial charge in [-0.3, -0.25) is 14.5 Å². The maximum atomic E-state index is 12.8. The van der Waals surface area contributed by atoms with Gasteiger partial charge in [-0.05, 0) is 24.3 Å². The van der Waals surface area contributed by atoms with E-state index in [4.69, 9.17) is 4.74 Å². The molecule has 0 saturated carbocycles. The second-order valence-electron chi connectivity index (χ2n) is 8.06. The Balaban J connectivity index is 1.97. The first-order chi connectivity index (χ1) is 12.9. The number of likely N-dealkylation sites (tertiary alicyclic amines) is 1. The molecule has 1 aromatic carbocycles. The molecule has 1 aliphatic heterocycles. The summed E-state index contributed by atoms with van der Waals surface area (Å²) in [5.74, 6) is -0.0822. The zero-order chi connectivity index (χ0) is 19.8. The molecule has 0 aromatic heterocycles. The zero-order valence-corrected chi connectivity index (χ0v) is 17.2. The number of benzene rings is 1. The number of amides is 1. The van der Waals surface area contributed by atoms with Crippen molar-refractivity contribution in [1.29, 1.82) is 0 Å². The van der Waals surface area contributed by atoms with Crippen LogP contribution >= 0.6 is 0 Å². The third-order valence-electron chi connectivity index (χ3n) is 5.22. The molecule has 1 fully saturated rings. The Hall–Kier alpha value is -1.88. The molecule has 1 saturated heterocycles. The number of rotatable bonds is 8. The van der Waals surface area contributed by atoms with Gasteiger partial charge in [0.05, 0.1) is 13.0 Å². The molecule has 1 heterocycles. The van der Waals surface area contributed by atoms with E-state index in [0.717, 1.165) is 32.5 Å². The van der Waals surface area contributed by atoms with E-state index in [9.17, 15) is 9.59 Å². The zero-order valence-electron chi connectivity index (χ0n) is 17.2. The van der Waals surface area contributed by atoms with Gasteiger partial charge in [-0.1, -0.05) is 51.1 Å². The maximum Gasteiger partial charge on any atom is 0.310 e. The van der Waals surface area contributed by atoms with Crippen molar-refractivity contribution in [3.8, 4) is 0 Å². The van der Waals surface area contributed by atoms with Crippen LogP contribution in [0.3, 0.4) is 0 Å². The number of piperidine rings is 1. The SMILES string of the molecule is COC(=O)C(C)CN(C(=O)CC(C)C)C1CCN(Cc2ccccc2)CC1. The summed E-state index contributed by atoms with van der Waals surface area (Å²) in [5.41, 5.74) is 1.32. The lowest BCUT2D eigenvalue weighted by molar-refractivity contribution is -0.147. The Morgan fingerprint density at radius 3 is 2.33 bits per heavy atom. The molecule has 1 aromatic rings. The van der Waals surface area contributed by atoms with Gasteiger partial charge >= 0.3 is 5.97 Å². The molecule has 0 N–H and O–H groups in total. The summed E-state index contributed by atoms with van der Waals surface area (Å²) in [6.45, 7) is 9.29. The van der Waals surface area contributed by atoms with Crippen molar-refractivity contribution in [1.82, 2.24) is 9.80 Å². The first-order valence-electron chi connectivity index (χ1n) is 10.0. The van der Waals surface area contributed by atoms with Gasteiger partial charge in [-0.2, -0.15) is 0 Å². The number of ether oxygens (including phenoxy) is 1. The second kappa shape index (κ2) is 10.5. The molecule has 5 heteroatoms. The predicted molar refractivity (Wildman–Crippen MR) is 107 cm³/mol. The van der Waals surface area contributed by atoms with Crippen LogP contribution in [0.5, 0.6) is 0 Å². The lowest BCUT2D eigenvalue weighted by atomic mass is 9.99. The summed E-state index contributed by atoms with van der Waals surface area (Å²) in [4.78, 5) is 29.1. The van der Waals surface area contributed by atoms with E-state index in [2.05, 4.69) is 43.0 Å². The van der Waals surface area contributed by atoms with E-state index in [1.807, 2.05) is 17.9 Å². The van der Waals surface area contributed by atoms with Crippen molar-refractivity contribution in [2.75, 3.05) is 26.7 Å². The van der Waals surface area contributed by atoms with E-state index in [1.54, 1.807) is 0 Å². The number of hydrogen-bond donors (Lipinski definition) is 0. The maximum absolute atomic E-state index is 12.8. The number of methoxy groups -OCH3 is 1. The number of carbonyl (C=O) groups is 2. The van der Waals surface area contributed by atoms with Crippen molar-refractivity contribution in [2.24, 2.45) is 11.8 Å². The average Bonchev–Trinajstić information content (AvgIpc) is 2.66. The van der Waals surface area contributed by atoms with Crippen molar-refractivity contribution in [2.45, 2.75) is 52.6 Å². The van der Waals surface area contributed by atoms with Crippen LogP contribution in [0.15, 0.2) is 30.3 Å². The summed E-state index contributed by atoms with van der Waals surface area (Å²) in [5, 5.41) is 0. The molecule has 0 aliphatic carbocycles. The molecule has 27 heavy (non-hydrogen) atoms. The standard InChI is InChI=1S/C22H34N2O3/c1-17(2)14-21(25)24(15-18(3)22(26)27-4)20-10-12-23(13-11-20)16-19-8-6-5-7-9-19/h5-9,17-18,20H,10-16H2,1-4H3. The molecule has 0 spiro atoms. The molecular weight excluding hydrogens is 340 g/mol. The molecule has 150 valence electrons. The number of hydrogen-bond acceptors (Lipinski definition) is 4. The summed E-state index contributed by atoms with van der Waals surface area (Å²) < 4.78 is 4.86. The number of nitrogens with zero attached hydrogens (tertiary/aromatic N) is 2. The Morgan fingerprint density at radius 2 is 1.78 bits per heavy atom. The third kappa shape index (κ3) is 6.65. The lowest BCUT2D eigenvalue weighted by Crippen LogP contribution is -2.49. The van der Waals surface area contributed by atoms with E-state index < -0.39 is 0 Å². The minimum atomic E-state index is -0.298. The first-order valence-corrected chi connectivity index (χ1v) is 10.0. The molecule has 1 amide bonds. The Kier molecular flexibility index (Phi) is 8.29. The second-order valence-corrected chi connectivity index (χ2v) is 8.06. The smallest absolute Gasteiger partial charge is 0.310 e. The Labute approximate surface area is 163 Å². The fraction of sp³-hybridized carbons (Fsp3) is 0.636. The topological polar surface area (TPSA) is 49.9 Å². The van der Waals surface area contributed by atoms with Crippen molar-refractivity contribution < 1.29 is 14.3 Å². The van der Waals surface area contributed by atoms with Crippen molar-refractivity contribution >= 4 is 11.9 Å². The van der Waals surface area contributed by atoms with E-state index >= 15 is 0 Å². The molecule has 2 rings (SSSR count). The summed E-state index contributed by atoms with van der Waals surface area (Å²) in [7, 11) is 1.40. The minimum absolute atomic E-state index is 0.155. The average molecular weight is 375 g/mol. The van der Waals surface area contributed by atoms with Gasteiger partial charge in [-0.15, -0.1) is 0 Å². The number of carbonyl (C=O) groups excluding carboxylic acids is 2. The van der Waals surface area contributed by atoms with Gasteiger partial charge in [0, 0.05) is 38.6 Å². The van der Waals surface area contributed by atoms with Gasteiger partial charge in [0.1, 0.15) is 0 Å². The quantitative estimate of drug-likeness (QED) is 0.655. The van der Waals surface area contributed by atoms with Crippen LogP contribution in [-0.4, -0.2) is 54.5 Å². The van der Waals surface area contributed by atoms with Crippen LogP contribution in [0.2, 0.25) is 0 Å². The molecule has 1 atom stereocenters. The highest BCUT2D eigenvalue weighted by Gasteiger charge is 2.30. The Morgan fingerprint density at radius 1 is 1.15 bits per heavy atom. The van der Waals surface area contributed by atoms with Crippen LogP contribution in [0.4, 0.5) is 0 Å². The first kappa shape index (κ1) is 21.4. The van der Waals surface area contributed by atoms with E-state index in [0.29, 0.717) is 18.9 Å². The highest BCUT2D eigenvalue weighted by molar-refractivity contribution is 5.78. The van der Waals surface area contributed by atoms with Crippen LogP contribution < -0.4 is 0 Å². The Bertz CT molecular complexity index is 595. The van der Waals surface area contributed by atoms with E-state index in [-0.39, 0.29) is 23.8 Å². The molecule has 0 radical (unpaired) electrons. The normalized spacial score (nSPS) is 16.9. The van der Waals surface area contributed by atoms with Crippen LogP contribution in [0.1, 0.15) is 45.6 Å². The molecule has 0 bridgehead atoms. The minimum Gasteiger partial charge on any atom is -0.469 e. The fourth-order valence-electron chi connectivity index (χ4n) is 3.72. The molecule has 1 unspecified atom stereocenters. The summed E-state index contributed by atoms with van der Waals surface area (Å²) in [6, 6.07) is 10.7. The van der Waals surface area contributed by atoms with E-state index in [1.165, 1.54) is 12.7 Å². The summed E-state index contributed by atoms with van der Waals surface area (Å²) in [6.07, 6.45) is 2.42. The lowest BCUT2D eigenvalue weighted by Gasteiger charge is -2.39. The van der Waals surface area contributed by atoms with Gasteiger partial charge in [0.25, 0.3) is 0 Å². The molecular formula is C22H34N2O3. The third-order valence-corrected chi connectivity index (χ3v) is 5.22. The van der Waals surface area contributed by atoms with Crippen LogP contribution in [-0.2, 0) is 20.9 Å². The van der Waals surface area contributed by atoms with Crippen LogP contribution in [0, 0.1) is 11.8 Å². The fourth-order valence-corrected chi connectivity index (χ4v) is 3.72. The van der Waals surface area contributed by atoms with Crippen molar-refractivity contribution in [3.63, 3.8) is 0 Å². The van der Waals surface area contributed by atoms with Gasteiger partial charge in [0.2, 0.25) is 5.91 Å². The highest BCUT2D eigenvalue weighted by Crippen LogP contribution is 2.22. The van der Waals surface area contributed by atoms with Crippen LogP contribution in [0.25, 0.3) is 0 Å². The van der Waals surface area contributed by atoms with Gasteiger partial charge < -0.3 is 9.64 Å².